The molecule has 2 nitrogen and oxygen atoms in total. The van der Waals surface area contributed by atoms with E-state index in [1.54, 1.807) is 0 Å². The van der Waals surface area contributed by atoms with Gasteiger partial charge in [-0.15, -0.1) is 0 Å². The molecule has 0 aromatic rings. The average Bonchev–Trinajstić information content (AvgIpc) is 2.27. The molecule has 0 aromatic heterocycles. The van der Waals surface area contributed by atoms with Crippen molar-refractivity contribution in [2.24, 2.45) is 0 Å². The maximum absolute atomic E-state index is 9.33. The molecule has 2 heteroatoms. The van der Waals surface area contributed by atoms with E-state index in [9.17, 15) is 5.11 Å². The van der Waals surface area contributed by atoms with E-state index < -0.39 is 6.10 Å². The van der Waals surface area contributed by atoms with Gasteiger partial charge in [-0.05, 0) is 6.42 Å². The largest absolute Gasteiger partial charge is 0.392 e. The minimum absolute atomic E-state index is 0.289. The summed E-state index contributed by atoms with van der Waals surface area (Å²) >= 11 is 0. The van der Waals surface area contributed by atoms with Crippen LogP contribution in [-0.4, -0.2) is 11.2 Å². The fourth-order valence-electron chi connectivity index (χ4n) is 1.90. The maximum atomic E-state index is 9.33. The van der Waals surface area contributed by atoms with Crippen LogP contribution in [0.4, 0.5) is 0 Å². The summed E-state index contributed by atoms with van der Waals surface area (Å²) in [6, 6.07) is 2.00. The second kappa shape index (κ2) is 12.5. The molecule has 0 aliphatic heterocycles. The van der Waals surface area contributed by atoms with Gasteiger partial charge in [0.15, 0.2) is 0 Å². The number of unbranched alkanes of at least 4 members (excludes halogenated alkanes) is 8. The second-order valence-corrected chi connectivity index (χ2v) is 4.63. The molecule has 0 spiro atoms. The Hall–Kier alpha value is -0.550. The first-order valence-electron chi connectivity index (χ1n) is 6.86. The summed E-state index contributed by atoms with van der Waals surface area (Å²) in [6.07, 6.45) is 12.4. The molecule has 0 heterocycles. The standard InChI is InChI=1S/C14H27NO/c1-2-3-4-5-6-7-8-9-10-11-14(16)12-13-15/h14,16H,2-12H2,1H3/t14-/m0/s1. The van der Waals surface area contributed by atoms with Crippen molar-refractivity contribution in [1.82, 2.24) is 0 Å². The highest BCUT2D eigenvalue weighted by Crippen LogP contribution is 2.11. The molecule has 0 rings (SSSR count). The molecule has 0 saturated heterocycles. The van der Waals surface area contributed by atoms with E-state index in [4.69, 9.17) is 5.26 Å². The number of rotatable bonds is 11. The minimum Gasteiger partial charge on any atom is -0.392 e. The van der Waals surface area contributed by atoms with Crippen LogP contribution in [0.2, 0.25) is 0 Å². The fraction of sp³-hybridized carbons (Fsp3) is 0.929. The van der Waals surface area contributed by atoms with Gasteiger partial charge >= 0.3 is 0 Å². The lowest BCUT2D eigenvalue weighted by molar-refractivity contribution is 0.165. The van der Waals surface area contributed by atoms with Gasteiger partial charge in [-0.1, -0.05) is 64.7 Å². The van der Waals surface area contributed by atoms with Crippen molar-refractivity contribution in [1.29, 1.82) is 5.26 Å². The van der Waals surface area contributed by atoms with Crippen LogP contribution in [0.3, 0.4) is 0 Å². The van der Waals surface area contributed by atoms with E-state index in [2.05, 4.69) is 6.92 Å². The maximum Gasteiger partial charge on any atom is 0.0670 e. The van der Waals surface area contributed by atoms with Crippen molar-refractivity contribution >= 4 is 0 Å². The first-order valence-corrected chi connectivity index (χ1v) is 6.86. The van der Waals surface area contributed by atoms with Gasteiger partial charge < -0.3 is 5.11 Å². The van der Waals surface area contributed by atoms with Crippen LogP contribution in [0.15, 0.2) is 0 Å². The highest BCUT2D eigenvalue weighted by Gasteiger charge is 2.01. The predicted octanol–water partition coefficient (Wildman–Crippen LogP) is 4.18. The second-order valence-electron chi connectivity index (χ2n) is 4.63. The summed E-state index contributed by atoms with van der Waals surface area (Å²) in [5.41, 5.74) is 0. The van der Waals surface area contributed by atoms with Crippen LogP contribution in [0, 0.1) is 11.3 Å². The monoisotopic (exact) mass is 225 g/mol. The van der Waals surface area contributed by atoms with Gasteiger partial charge in [0.25, 0.3) is 0 Å². The summed E-state index contributed by atoms with van der Waals surface area (Å²) in [4.78, 5) is 0. The molecule has 0 saturated carbocycles. The van der Waals surface area contributed by atoms with Crippen molar-refractivity contribution in [3.8, 4) is 6.07 Å². The van der Waals surface area contributed by atoms with Gasteiger partial charge in [0, 0.05) is 0 Å². The van der Waals surface area contributed by atoms with Gasteiger partial charge in [-0.2, -0.15) is 5.26 Å². The van der Waals surface area contributed by atoms with Crippen molar-refractivity contribution in [3.05, 3.63) is 0 Å². The lowest BCUT2D eigenvalue weighted by atomic mass is 10.0. The van der Waals surface area contributed by atoms with Crippen molar-refractivity contribution in [2.45, 2.75) is 83.7 Å². The average molecular weight is 225 g/mol. The first-order chi connectivity index (χ1) is 7.81. The molecule has 16 heavy (non-hydrogen) atoms. The molecule has 0 bridgehead atoms. The summed E-state index contributed by atoms with van der Waals surface area (Å²) in [7, 11) is 0. The van der Waals surface area contributed by atoms with E-state index in [0.29, 0.717) is 0 Å². The van der Waals surface area contributed by atoms with E-state index in [1.807, 2.05) is 6.07 Å². The molecule has 1 N–H and O–H groups in total. The molecule has 0 amide bonds. The van der Waals surface area contributed by atoms with Crippen molar-refractivity contribution in [3.63, 3.8) is 0 Å². The molecule has 0 aliphatic rings. The molecule has 0 aromatic carbocycles. The summed E-state index contributed by atoms with van der Waals surface area (Å²) < 4.78 is 0. The Labute approximate surface area is 101 Å². The highest BCUT2D eigenvalue weighted by atomic mass is 16.3. The van der Waals surface area contributed by atoms with Crippen molar-refractivity contribution in [2.75, 3.05) is 0 Å². The highest BCUT2D eigenvalue weighted by molar-refractivity contribution is 4.74. The molecule has 0 aliphatic carbocycles. The van der Waals surface area contributed by atoms with Gasteiger partial charge in [-0.25, -0.2) is 0 Å². The number of hydrogen-bond acceptors (Lipinski definition) is 2. The van der Waals surface area contributed by atoms with E-state index >= 15 is 0 Å². The topological polar surface area (TPSA) is 44.0 Å². The predicted molar refractivity (Wildman–Crippen MR) is 68.1 cm³/mol. The number of aliphatic hydroxyl groups is 1. The Morgan fingerprint density at radius 3 is 1.94 bits per heavy atom. The Morgan fingerprint density at radius 1 is 0.938 bits per heavy atom. The van der Waals surface area contributed by atoms with Crippen LogP contribution >= 0.6 is 0 Å². The normalized spacial score (nSPS) is 12.3. The van der Waals surface area contributed by atoms with Gasteiger partial charge in [-0.3, -0.25) is 0 Å². The summed E-state index contributed by atoms with van der Waals surface area (Å²) in [5.74, 6) is 0. The zero-order valence-electron chi connectivity index (χ0n) is 10.7. The fourth-order valence-corrected chi connectivity index (χ4v) is 1.90. The Morgan fingerprint density at radius 2 is 1.44 bits per heavy atom. The van der Waals surface area contributed by atoms with Crippen LogP contribution in [-0.2, 0) is 0 Å². The minimum atomic E-state index is -0.394. The zero-order valence-corrected chi connectivity index (χ0v) is 10.7. The quantitative estimate of drug-likeness (QED) is 0.536. The van der Waals surface area contributed by atoms with Crippen LogP contribution in [0.5, 0.6) is 0 Å². The molecular weight excluding hydrogens is 198 g/mol. The number of hydrogen-bond donors (Lipinski definition) is 1. The van der Waals surface area contributed by atoms with Crippen LogP contribution < -0.4 is 0 Å². The summed E-state index contributed by atoms with van der Waals surface area (Å²) in [5, 5.41) is 17.7. The Bertz CT molecular complexity index is 174. The van der Waals surface area contributed by atoms with Crippen LogP contribution in [0.25, 0.3) is 0 Å². The molecule has 1 atom stereocenters. The summed E-state index contributed by atoms with van der Waals surface area (Å²) in [6.45, 7) is 2.24. The number of aliphatic hydroxyl groups excluding tert-OH is 1. The molecule has 94 valence electrons. The number of nitriles is 1. The molecule has 0 radical (unpaired) electrons. The molecule has 0 fully saturated rings. The third-order valence-electron chi connectivity index (χ3n) is 2.97. The lowest BCUT2D eigenvalue weighted by Gasteiger charge is -2.05. The van der Waals surface area contributed by atoms with Crippen LogP contribution in [0.1, 0.15) is 77.6 Å². The zero-order chi connectivity index (χ0) is 12.1. The smallest absolute Gasteiger partial charge is 0.0670 e. The van der Waals surface area contributed by atoms with Gasteiger partial charge in [0.2, 0.25) is 0 Å². The SMILES string of the molecule is CCCCCCCCCCC[C@H](O)CC#N. The Kier molecular flexibility index (Phi) is 12.1. The molecular formula is C14H27NO. The Balaban J connectivity index is 3.01. The van der Waals surface area contributed by atoms with E-state index in [-0.39, 0.29) is 6.42 Å². The van der Waals surface area contributed by atoms with Gasteiger partial charge in [0.05, 0.1) is 18.6 Å². The number of nitrogens with zero attached hydrogens (tertiary/aromatic N) is 1. The lowest BCUT2D eigenvalue weighted by Crippen LogP contribution is -2.04. The van der Waals surface area contributed by atoms with Gasteiger partial charge in [0.1, 0.15) is 0 Å². The van der Waals surface area contributed by atoms with E-state index in [0.717, 1.165) is 12.8 Å². The molecule has 0 unspecified atom stereocenters. The first kappa shape index (κ1) is 15.4. The van der Waals surface area contributed by atoms with E-state index in [1.165, 1.54) is 51.4 Å². The third kappa shape index (κ3) is 11.5. The van der Waals surface area contributed by atoms with Crippen molar-refractivity contribution < 1.29 is 5.11 Å². The third-order valence-corrected chi connectivity index (χ3v) is 2.97.